The van der Waals surface area contributed by atoms with E-state index in [2.05, 4.69) is 47.1 Å². The molecule has 0 aliphatic carbocycles. The van der Waals surface area contributed by atoms with Crippen LogP contribution in [0.2, 0.25) is 0 Å². The number of amides is 1. The van der Waals surface area contributed by atoms with Gasteiger partial charge >= 0.3 is 0 Å². The molecule has 0 radical (unpaired) electrons. The van der Waals surface area contributed by atoms with Crippen LogP contribution in [0.5, 0.6) is 5.75 Å². The molecule has 0 saturated carbocycles. The molecule has 10 heteroatoms. The summed E-state index contributed by atoms with van der Waals surface area (Å²) < 4.78 is 34.4. The maximum Gasteiger partial charge on any atom is 0.258 e. The number of rotatable bonds is 8. The molecule has 2 N–H and O–H groups in total. The number of halogens is 2. The van der Waals surface area contributed by atoms with Gasteiger partial charge in [-0.3, -0.25) is 4.79 Å². The molecule has 0 heterocycles. The molecule has 2 rings (SSSR count). The Kier molecular flexibility index (Phi) is 8.60. The highest BCUT2D eigenvalue weighted by molar-refractivity contribution is 9.11. The lowest BCUT2D eigenvalue weighted by atomic mass is 10.1. The molecule has 0 bridgehead atoms. The van der Waals surface area contributed by atoms with Gasteiger partial charge in [-0.25, -0.2) is 13.8 Å². The average molecular weight is 561 g/mol. The molecule has 1 amide bonds. The summed E-state index contributed by atoms with van der Waals surface area (Å²) in [4.78, 5) is 12.7. The number of nitrogens with zero attached hydrogens (tertiary/aromatic N) is 1. The second kappa shape index (κ2) is 10.5. The van der Waals surface area contributed by atoms with Crippen molar-refractivity contribution in [2.75, 3.05) is 7.11 Å². The van der Waals surface area contributed by atoms with E-state index in [-0.39, 0.29) is 10.8 Å². The SMILES string of the molecule is COc1c(Br)cc(/C=N\NC(=O)[C@@H](NS(=O)(=O)c2ccc(C)cc2)C(C)C)cc1Br. The molecule has 7 nitrogen and oxygen atoms in total. The van der Waals surface area contributed by atoms with Crippen molar-refractivity contribution in [2.24, 2.45) is 11.0 Å². The van der Waals surface area contributed by atoms with Crippen LogP contribution >= 0.6 is 31.9 Å². The van der Waals surface area contributed by atoms with Gasteiger partial charge in [-0.05, 0) is 74.5 Å². The van der Waals surface area contributed by atoms with Crippen molar-refractivity contribution in [1.29, 1.82) is 0 Å². The second-order valence-corrected chi connectivity index (χ2v) is 10.3. The van der Waals surface area contributed by atoms with Crippen LogP contribution in [0.4, 0.5) is 0 Å². The Morgan fingerprint density at radius 1 is 1.13 bits per heavy atom. The summed E-state index contributed by atoms with van der Waals surface area (Å²) in [6.45, 7) is 5.37. The van der Waals surface area contributed by atoms with Crippen LogP contribution in [0, 0.1) is 12.8 Å². The van der Waals surface area contributed by atoms with E-state index in [1.54, 1.807) is 45.2 Å². The summed E-state index contributed by atoms with van der Waals surface area (Å²) >= 11 is 6.80. The predicted molar refractivity (Wildman–Crippen MR) is 124 cm³/mol. The Hall–Kier alpha value is -1.75. The number of nitrogens with one attached hydrogen (secondary N) is 2. The average Bonchev–Trinajstić information content (AvgIpc) is 2.66. The molecule has 2 aromatic rings. The van der Waals surface area contributed by atoms with Gasteiger partial charge in [0.15, 0.2) is 0 Å². The van der Waals surface area contributed by atoms with E-state index in [0.29, 0.717) is 11.3 Å². The lowest BCUT2D eigenvalue weighted by Gasteiger charge is -2.20. The highest BCUT2D eigenvalue weighted by Gasteiger charge is 2.28. The molecule has 0 aromatic heterocycles. The van der Waals surface area contributed by atoms with Gasteiger partial charge in [-0.1, -0.05) is 31.5 Å². The summed E-state index contributed by atoms with van der Waals surface area (Å²) in [6.07, 6.45) is 1.46. The van der Waals surface area contributed by atoms with Crippen molar-refractivity contribution in [3.8, 4) is 5.75 Å². The number of carbonyl (C=O) groups excluding carboxylic acids is 1. The van der Waals surface area contributed by atoms with E-state index in [9.17, 15) is 13.2 Å². The van der Waals surface area contributed by atoms with Crippen molar-refractivity contribution in [1.82, 2.24) is 10.1 Å². The van der Waals surface area contributed by atoms with Gasteiger partial charge in [0.2, 0.25) is 10.0 Å². The van der Waals surface area contributed by atoms with Gasteiger partial charge in [0, 0.05) is 0 Å². The Morgan fingerprint density at radius 3 is 2.20 bits per heavy atom. The number of hydrogen-bond donors (Lipinski definition) is 2. The molecule has 0 aliphatic heterocycles. The molecule has 0 spiro atoms. The van der Waals surface area contributed by atoms with Crippen LogP contribution in [-0.4, -0.2) is 33.7 Å². The summed E-state index contributed by atoms with van der Waals surface area (Å²) in [7, 11) is -2.29. The standard InChI is InChI=1S/C20H23Br2N3O4S/c1-12(2)18(25-30(27,28)15-7-5-13(3)6-8-15)20(26)24-23-11-14-9-16(21)19(29-4)17(22)10-14/h5-12,18,25H,1-4H3,(H,24,26)/b23-11-/t18-/m0/s1. The summed E-state index contributed by atoms with van der Waals surface area (Å²) in [6, 6.07) is 8.99. The lowest BCUT2D eigenvalue weighted by molar-refractivity contribution is -0.123. The molecule has 2 aromatic carbocycles. The van der Waals surface area contributed by atoms with Crippen LogP contribution in [0.15, 0.2) is 55.3 Å². The molecular formula is C20H23Br2N3O4S. The third-order valence-corrected chi connectivity index (χ3v) is 6.81. The second-order valence-electron chi connectivity index (χ2n) is 6.91. The van der Waals surface area contributed by atoms with Gasteiger partial charge in [0.25, 0.3) is 5.91 Å². The highest BCUT2D eigenvalue weighted by atomic mass is 79.9. The molecule has 30 heavy (non-hydrogen) atoms. The van der Waals surface area contributed by atoms with E-state index >= 15 is 0 Å². The quantitative estimate of drug-likeness (QED) is 0.377. The normalized spacial score (nSPS) is 12.9. The van der Waals surface area contributed by atoms with Crippen molar-refractivity contribution >= 4 is 54.0 Å². The van der Waals surface area contributed by atoms with Crippen molar-refractivity contribution in [3.63, 3.8) is 0 Å². The summed E-state index contributed by atoms with van der Waals surface area (Å²) in [5, 5.41) is 3.96. The molecular weight excluding hydrogens is 538 g/mol. The lowest BCUT2D eigenvalue weighted by Crippen LogP contribution is -2.48. The Balaban J connectivity index is 2.12. The molecule has 0 saturated heterocycles. The first kappa shape index (κ1) is 24.5. The first-order valence-electron chi connectivity index (χ1n) is 9.00. The van der Waals surface area contributed by atoms with E-state index in [1.807, 2.05) is 6.92 Å². The fraction of sp³-hybridized carbons (Fsp3) is 0.300. The molecule has 0 fully saturated rings. The fourth-order valence-electron chi connectivity index (χ4n) is 2.53. The maximum absolute atomic E-state index is 12.6. The summed E-state index contributed by atoms with van der Waals surface area (Å²) in [5.41, 5.74) is 4.05. The van der Waals surface area contributed by atoms with Crippen molar-refractivity contribution in [2.45, 2.75) is 31.7 Å². The van der Waals surface area contributed by atoms with E-state index in [4.69, 9.17) is 4.74 Å². The number of hydrogen-bond acceptors (Lipinski definition) is 5. The Morgan fingerprint density at radius 2 is 1.70 bits per heavy atom. The van der Waals surface area contributed by atoms with Crippen LogP contribution in [-0.2, 0) is 14.8 Å². The van der Waals surface area contributed by atoms with Crippen LogP contribution < -0.4 is 14.9 Å². The molecule has 0 unspecified atom stereocenters. The van der Waals surface area contributed by atoms with E-state index in [1.165, 1.54) is 18.3 Å². The van der Waals surface area contributed by atoms with Crippen molar-refractivity contribution in [3.05, 3.63) is 56.5 Å². The van der Waals surface area contributed by atoms with E-state index in [0.717, 1.165) is 14.5 Å². The Bertz CT molecular complexity index is 1020. The van der Waals surface area contributed by atoms with Crippen LogP contribution in [0.1, 0.15) is 25.0 Å². The first-order chi connectivity index (χ1) is 14.0. The number of benzene rings is 2. The minimum atomic E-state index is -3.85. The third kappa shape index (κ3) is 6.37. The summed E-state index contributed by atoms with van der Waals surface area (Å²) in [5.74, 6) is -0.199. The van der Waals surface area contributed by atoms with Gasteiger partial charge in [-0.15, -0.1) is 0 Å². The number of carbonyl (C=O) groups is 1. The van der Waals surface area contributed by atoms with Gasteiger partial charge in [0.05, 0.1) is 27.2 Å². The predicted octanol–water partition coefficient (Wildman–Crippen LogP) is 3.98. The maximum atomic E-state index is 12.6. The monoisotopic (exact) mass is 559 g/mol. The number of ether oxygens (including phenoxy) is 1. The van der Waals surface area contributed by atoms with Gasteiger partial charge in [0.1, 0.15) is 11.8 Å². The smallest absolute Gasteiger partial charge is 0.258 e. The topological polar surface area (TPSA) is 96.9 Å². The zero-order valence-electron chi connectivity index (χ0n) is 16.9. The fourth-order valence-corrected chi connectivity index (χ4v) is 5.42. The van der Waals surface area contributed by atoms with E-state index < -0.39 is 22.0 Å². The Labute approximate surface area is 193 Å². The minimum Gasteiger partial charge on any atom is -0.494 e. The highest BCUT2D eigenvalue weighted by Crippen LogP contribution is 2.33. The van der Waals surface area contributed by atoms with Gasteiger partial charge in [-0.2, -0.15) is 9.82 Å². The molecule has 1 atom stereocenters. The number of methoxy groups -OCH3 is 1. The molecule has 0 aliphatic rings. The van der Waals surface area contributed by atoms with Gasteiger partial charge < -0.3 is 4.74 Å². The zero-order valence-corrected chi connectivity index (χ0v) is 20.9. The minimum absolute atomic E-state index is 0.1000. The number of sulfonamides is 1. The first-order valence-corrected chi connectivity index (χ1v) is 12.1. The van der Waals surface area contributed by atoms with Crippen LogP contribution in [0.3, 0.4) is 0 Å². The number of hydrazone groups is 1. The molecule has 162 valence electrons. The van der Waals surface area contributed by atoms with Crippen molar-refractivity contribution < 1.29 is 17.9 Å². The number of aryl methyl sites for hydroxylation is 1. The third-order valence-electron chi connectivity index (χ3n) is 4.18. The largest absolute Gasteiger partial charge is 0.494 e. The van der Waals surface area contributed by atoms with Crippen LogP contribution in [0.25, 0.3) is 0 Å². The zero-order chi connectivity index (χ0) is 22.5.